The second-order valence-corrected chi connectivity index (χ2v) is 6.85. The average molecular weight is 403 g/mol. The predicted molar refractivity (Wildman–Crippen MR) is 110 cm³/mol. The molecule has 3 aromatic rings. The van der Waals surface area contributed by atoms with Gasteiger partial charge in [0.2, 0.25) is 0 Å². The summed E-state index contributed by atoms with van der Waals surface area (Å²) >= 11 is 17.8. The molecule has 0 unspecified atom stereocenters. The van der Waals surface area contributed by atoms with E-state index < -0.39 is 0 Å². The van der Waals surface area contributed by atoms with Crippen LogP contribution < -0.4 is 5.32 Å². The van der Waals surface area contributed by atoms with Crippen molar-refractivity contribution in [3.63, 3.8) is 0 Å². The number of nitrogens with one attached hydrogen (secondary N) is 1. The zero-order valence-corrected chi connectivity index (χ0v) is 16.1. The van der Waals surface area contributed by atoms with E-state index in [0.29, 0.717) is 28.2 Å². The van der Waals surface area contributed by atoms with E-state index in [1.165, 1.54) is 0 Å². The topological polar surface area (TPSA) is 41.0 Å². The van der Waals surface area contributed by atoms with Crippen molar-refractivity contribution in [3.8, 4) is 0 Å². The van der Waals surface area contributed by atoms with E-state index in [1.54, 1.807) is 30.6 Å². The van der Waals surface area contributed by atoms with Gasteiger partial charge in [-0.1, -0.05) is 35.3 Å². The molecule has 26 heavy (non-hydrogen) atoms. The summed E-state index contributed by atoms with van der Waals surface area (Å²) in [6.07, 6.45) is 3.53. The molecule has 0 saturated carbocycles. The van der Waals surface area contributed by atoms with Crippen molar-refractivity contribution in [1.29, 1.82) is 0 Å². The van der Waals surface area contributed by atoms with Crippen LogP contribution in [0, 0.1) is 0 Å². The van der Waals surface area contributed by atoms with Crippen LogP contribution in [0.5, 0.6) is 0 Å². The fraction of sp³-hybridized carbons (Fsp3) is 0.105. The van der Waals surface area contributed by atoms with Crippen molar-refractivity contribution < 1.29 is 0 Å². The van der Waals surface area contributed by atoms with Crippen molar-refractivity contribution in [2.45, 2.75) is 13.1 Å². The van der Waals surface area contributed by atoms with Gasteiger partial charge in [0.1, 0.15) is 0 Å². The van der Waals surface area contributed by atoms with Crippen LogP contribution in [0.1, 0.15) is 11.4 Å². The maximum atomic E-state index is 6.07. The minimum atomic E-state index is 0.541. The quantitative estimate of drug-likeness (QED) is 0.595. The van der Waals surface area contributed by atoms with Gasteiger partial charge in [-0.05, 0) is 54.7 Å². The maximum absolute atomic E-state index is 6.07. The fourth-order valence-corrected chi connectivity index (χ4v) is 3.18. The summed E-state index contributed by atoms with van der Waals surface area (Å²) in [6, 6.07) is 16.8. The Morgan fingerprint density at radius 1 is 0.885 bits per heavy atom. The monoisotopic (exact) mass is 402 g/mol. The van der Waals surface area contributed by atoms with Crippen molar-refractivity contribution in [2.75, 3.05) is 5.32 Å². The molecule has 0 aliphatic rings. The number of halogens is 2. The predicted octanol–water partition coefficient (Wildman–Crippen LogP) is 5.18. The first kappa shape index (κ1) is 18.6. The van der Waals surface area contributed by atoms with Crippen LogP contribution in [-0.2, 0) is 13.1 Å². The van der Waals surface area contributed by atoms with E-state index in [9.17, 15) is 0 Å². The first-order valence-electron chi connectivity index (χ1n) is 7.92. The van der Waals surface area contributed by atoms with Crippen LogP contribution in [0.15, 0.2) is 67.0 Å². The number of thiocarbonyl (C=S) groups is 1. The van der Waals surface area contributed by atoms with Crippen molar-refractivity contribution >= 4 is 46.2 Å². The summed E-state index contributed by atoms with van der Waals surface area (Å²) in [5.74, 6) is 0. The molecule has 2 aromatic heterocycles. The van der Waals surface area contributed by atoms with E-state index in [0.717, 1.165) is 17.1 Å². The van der Waals surface area contributed by atoms with Crippen molar-refractivity contribution in [1.82, 2.24) is 14.9 Å². The van der Waals surface area contributed by atoms with Gasteiger partial charge in [-0.2, -0.15) is 0 Å². The third kappa shape index (κ3) is 5.39. The Bertz CT molecular complexity index is 813. The molecule has 7 heteroatoms. The summed E-state index contributed by atoms with van der Waals surface area (Å²) in [7, 11) is 0. The number of aromatic nitrogens is 2. The summed E-state index contributed by atoms with van der Waals surface area (Å²) in [5, 5.41) is 4.83. The Kier molecular flexibility index (Phi) is 6.39. The largest absolute Gasteiger partial charge is 0.337 e. The molecule has 0 saturated heterocycles. The molecule has 1 N–H and O–H groups in total. The number of hydrogen-bond donors (Lipinski definition) is 1. The molecule has 0 spiro atoms. The standard InChI is InChI=1S/C19H16Cl2N4S/c20-14-9-15(21)11-18(10-14)24-19(26)25(12-16-5-1-3-7-22-16)13-17-6-2-4-8-23-17/h1-11H,12-13H2,(H,24,26). The Balaban J connectivity index is 1.80. The highest BCUT2D eigenvalue weighted by molar-refractivity contribution is 7.80. The summed E-state index contributed by atoms with van der Waals surface area (Å²) in [4.78, 5) is 10.8. The molecule has 132 valence electrons. The fourth-order valence-electron chi connectivity index (χ4n) is 2.40. The highest BCUT2D eigenvalue weighted by atomic mass is 35.5. The molecular weight excluding hydrogens is 387 g/mol. The van der Waals surface area contributed by atoms with E-state index in [2.05, 4.69) is 15.3 Å². The third-order valence-corrected chi connectivity index (χ3v) is 4.36. The van der Waals surface area contributed by atoms with E-state index in [-0.39, 0.29) is 0 Å². The molecule has 0 bridgehead atoms. The van der Waals surface area contributed by atoms with Crippen molar-refractivity contribution in [2.24, 2.45) is 0 Å². The molecule has 3 rings (SSSR count). The van der Waals surface area contributed by atoms with Gasteiger partial charge in [0, 0.05) is 28.1 Å². The molecule has 0 radical (unpaired) electrons. The molecule has 1 aromatic carbocycles. The Morgan fingerprint density at radius 3 is 1.88 bits per heavy atom. The van der Waals surface area contributed by atoms with Gasteiger partial charge in [0.05, 0.1) is 24.5 Å². The summed E-state index contributed by atoms with van der Waals surface area (Å²) in [6.45, 7) is 1.11. The first-order chi connectivity index (χ1) is 12.6. The highest BCUT2D eigenvalue weighted by Crippen LogP contribution is 2.23. The van der Waals surface area contributed by atoms with Crippen LogP contribution in [0.4, 0.5) is 5.69 Å². The summed E-state index contributed by atoms with van der Waals surface area (Å²) < 4.78 is 0. The third-order valence-electron chi connectivity index (χ3n) is 3.56. The zero-order valence-electron chi connectivity index (χ0n) is 13.8. The second kappa shape index (κ2) is 8.94. The second-order valence-electron chi connectivity index (χ2n) is 5.59. The van der Waals surface area contributed by atoms with Gasteiger partial charge in [0.25, 0.3) is 0 Å². The molecule has 0 aliphatic heterocycles. The van der Waals surface area contributed by atoms with Crippen molar-refractivity contribution in [3.05, 3.63) is 88.4 Å². The van der Waals surface area contributed by atoms with E-state index in [1.807, 2.05) is 41.3 Å². The van der Waals surface area contributed by atoms with Gasteiger partial charge in [0.15, 0.2) is 5.11 Å². The van der Waals surface area contributed by atoms with Crippen LogP contribution in [0.3, 0.4) is 0 Å². The number of hydrogen-bond acceptors (Lipinski definition) is 3. The van der Waals surface area contributed by atoms with Gasteiger partial charge in [-0.3, -0.25) is 9.97 Å². The smallest absolute Gasteiger partial charge is 0.174 e. The van der Waals surface area contributed by atoms with E-state index >= 15 is 0 Å². The molecule has 2 heterocycles. The Labute approximate surface area is 167 Å². The van der Waals surface area contributed by atoms with Crippen LogP contribution in [0.2, 0.25) is 10.0 Å². The van der Waals surface area contributed by atoms with E-state index in [4.69, 9.17) is 35.4 Å². The van der Waals surface area contributed by atoms with Crippen LogP contribution in [-0.4, -0.2) is 20.0 Å². The lowest BCUT2D eigenvalue weighted by Crippen LogP contribution is -2.34. The summed E-state index contributed by atoms with van der Waals surface area (Å²) in [5.41, 5.74) is 2.56. The molecule has 0 amide bonds. The van der Waals surface area contributed by atoms with Crippen LogP contribution in [0.25, 0.3) is 0 Å². The highest BCUT2D eigenvalue weighted by Gasteiger charge is 2.13. The number of benzene rings is 1. The van der Waals surface area contributed by atoms with Crippen LogP contribution >= 0.6 is 35.4 Å². The Hall–Kier alpha value is -2.21. The molecule has 0 fully saturated rings. The SMILES string of the molecule is S=C(Nc1cc(Cl)cc(Cl)c1)N(Cc1ccccn1)Cc1ccccn1. The number of anilines is 1. The lowest BCUT2D eigenvalue weighted by Gasteiger charge is -2.25. The van der Waals surface area contributed by atoms with Gasteiger partial charge in [-0.25, -0.2) is 0 Å². The number of pyridine rings is 2. The van der Waals surface area contributed by atoms with Gasteiger partial charge >= 0.3 is 0 Å². The lowest BCUT2D eigenvalue weighted by molar-refractivity contribution is 0.402. The van der Waals surface area contributed by atoms with Gasteiger partial charge in [-0.15, -0.1) is 0 Å². The minimum absolute atomic E-state index is 0.541. The minimum Gasteiger partial charge on any atom is -0.337 e. The normalized spacial score (nSPS) is 10.4. The molecule has 0 atom stereocenters. The molecular formula is C19H16Cl2N4S. The zero-order chi connectivity index (χ0) is 18.4. The lowest BCUT2D eigenvalue weighted by atomic mass is 10.3. The first-order valence-corrected chi connectivity index (χ1v) is 9.08. The molecule has 4 nitrogen and oxygen atoms in total. The maximum Gasteiger partial charge on any atom is 0.174 e. The molecule has 0 aliphatic carbocycles. The average Bonchev–Trinajstić information content (AvgIpc) is 2.62. The number of rotatable bonds is 5. The Morgan fingerprint density at radius 2 is 1.42 bits per heavy atom. The van der Waals surface area contributed by atoms with Gasteiger partial charge < -0.3 is 10.2 Å². The number of nitrogens with zero attached hydrogens (tertiary/aromatic N) is 3.